The molecule has 0 bridgehead atoms. The molecule has 0 aliphatic carbocycles. The van der Waals surface area contributed by atoms with E-state index < -0.39 is 12.1 Å². The predicted octanol–water partition coefficient (Wildman–Crippen LogP) is 0.489. The molecule has 1 N–H and O–H groups in total. The Balaban J connectivity index is 1.77. The van der Waals surface area contributed by atoms with Crippen molar-refractivity contribution >= 4 is 5.97 Å². The van der Waals surface area contributed by atoms with Crippen LogP contribution in [0.2, 0.25) is 0 Å². The highest BCUT2D eigenvalue weighted by molar-refractivity contribution is 5.78. The molecule has 1 aliphatic rings. The first-order valence-electron chi connectivity index (χ1n) is 4.78. The second-order valence-corrected chi connectivity index (χ2v) is 3.37. The lowest BCUT2D eigenvalue weighted by atomic mass is 10.2. The summed E-state index contributed by atoms with van der Waals surface area (Å²) in [5, 5.41) is 8.68. The van der Waals surface area contributed by atoms with Crippen LogP contribution in [0, 0.1) is 0 Å². The number of carbonyl (C=O) groups excluding carboxylic acids is 1. The highest BCUT2D eigenvalue weighted by Gasteiger charge is 2.45. The Morgan fingerprint density at radius 2 is 2.13 bits per heavy atom. The Morgan fingerprint density at radius 3 is 2.73 bits per heavy atom. The van der Waals surface area contributed by atoms with Gasteiger partial charge < -0.3 is 14.6 Å². The van der Waals surface area contributed by atoms with Crippen molar-refractivity contribution in [2.45, 2.75) is 18.8 Å². The third kappa shape index (κ3) is 2.55. The molecule has 4 heteroatoms. The normalized spacial score (nSPS) is 23.5. The van der Waals surface area contributed by atoms with Crippen LogP contribution in [-0.4, -0.2) is 29.9 Å². The number of hydrogen-bond acceptors (Lipinski definition) is 4. The van der Waals surface area contributed by atoms with Gasteiger partial charge in [-0.1, -0.05) is 30.3 Å². The van der Waals surface area contributed by atoms with E-state index in [1.807, 2.05) is 30.3 Å². The van der Waals surface area contributed by atoms with Crippen LogP contribution in [0.25, 0.3) is 0 Å². The van der Waals surface area contributed by atoms with E-state index in [1.54, 1.807) is 0 Å². The molecule has 0 aromatic heterocycles. The fourth-order valence-electron chi connectivity index (χ4n) is 1.30. The van der Waals surface area contributed by atoms with Gasteiger partial charge in [0.05, 0.1) is 6.61 Å². The second-order valence-electron chi connectivity index (χ2n) is 3.37. The first-order chi connectivity index (χ1) is 7.31. The Labute approximate surface area is 87.4 Å². The standard InChI is InChI=1S/C11H12O4/c12-6-9-10(15-9)11(13)14-7-8-4-2-1-3-5-8/h1-5,9-10,12H,6-7H2/t9-,10+/m1/s1. The molecule has 1 fully saturated rings. The fourth-order valence-corrected chi connectivity index (χ4v) is 1.30. The molecule has 1 aliphatic heterocycles. The van der Waals surface area contributed by atoms with Crippen molar-refractivity contribution in [3.8, 4) is 0 Å². The van der Waals surface area contributed by atoms with E-state index in [9.17, 15) is 4.79 Å². The zero-order valence-corrected chi connectivity index (χ0v) is 8.13. The van der Waals surface area contributed by atoms with Crippen LogP contribution in [0.4, 0.5) is 0 Å². The Morgan fingerprint density at radius 1 is 1.40 bits per heavy atom. The summed E-state index contributed by atoms with van der Waals surface area (Å²) in [7, 11) is 0. The monoisotopic (exact) mass is 208 g/mol. The van der Waals surface area contributed by atoms with Crippen LogP contribution in [0.5, 0.6) is 0 Å². The van der Waals surface area contributed by atoms with Crippen LogP contribution in [0.1, 0.15) is 5.56 Å². The van der Waals surface area contributed by atoms with Gasteiger partial charge in [0.15, 0.2) is 6.10 Å². The maximum absolute atomic E-state index is 11.3. The lowest BCUT2D eigenvalue weighted by molar-refractivity contribution is -0.146. The molecule has 0 spiro atoms. The fraction of sp³-hybridized carbons (Fsp3) is 0.364. The van der Waals surface area contributed by atoms with Crippen LogP contribution >= 0.6 is 0 Å². The highest BCUT2D eigenvalue weighted by Crippen LogP contribution is 2.22. The minimum absolute atomic E-state index is 0.134. The average molecular weight is 208 g/mol. The number of hydrogen-bond donors (Lipinski definition) is 1. The Bertz CT molecular complexity index is 336. The number of benzene rings is 1. The molecule has 15 heavy (non-hydrogen) atoms. The number of epoxide rings is 1. The van der Waals surface area contributed by atoms with Gasteiger partial charge in [0, 0.05) is 0 Å². The quantitative estimate of drug-likeness (QED) is 0.578. The summed E-state index contributed by atoms with van der Waals surface area (Å²) in [6, 6.07) is 9.42. The summed E-state index contributed by atoms with van der Waals surface area (Å²) in [6.07, 6.45) is -0.938. The minimum Gasteiger partial charge on any atom is -0.459 e. The van der Waals surface area contributed by atoms with E-state index in [1.165, 1.54) is 0 Å². The number of ether oxygens (including phenoxy) is 2. The summed E-state index contributed by atoms with van der Waals surface area (Å²) in [4.78, 5) is 11.3. The zero-order valence-electron chi connectivity index (χ0n) is 8.13. The number of aliphatic hydroxyl groups is 1. The van der Waals surface area contributed by atoms with Gasteiger partial charge in [0.1, 0.15) is 12.7 Å². The number of esters is 1. The third-order valence-corrected chi connectivity index (χ3v) is 2.22. The molecule has 0 amide bonds. The van der Waals surface area contributed by atoms with Crippen LogP contribution in [0.15, 0.2) is 30.3 Å². The molecule has 0 radical (unpaired) electrons. The number of aliphatic hydroxyl groups excluding tert-OH is 1. The largest absolute Gasteiger partial charge is 0.459 e. The highest BCUT2D eigenvalue weighted by atomic mass is 16.6. The van der Waals surface area contributed by atoms with Crippen LogP contribution in [0.3, 0.4) is 0 Å². The van der Waals surface area contributed by atoms with E-state index >= 15 is 0 Å². The summed E-state index contributed by atoms with van der Waals surface area (Å²) < 4.78 is 9.90. The van der Waals surface area contributed by atoms with E-state index in [0.717, 1.165) is 5.56 Å². The summed E-state index contributed by atoms with van der Waals surface area (Å²) in [5.41, 5.74) is 0.937. The zero-order chi connectivity index (χ0) is 10.7. The van der Waals surface area contributed by atoms with Gasteiger partial charge in [-0.05, 0) is 5.56 Å². The van der Waals surface area contributed by atoms with Gasteiger partial charge in [-0.25, -0.2) is 4.79 Å². The Hall–Kier alpha value is -1.39. The smallest absolute Gasteiger partial charge is 0.338 e. The summed E-state index contributed by atoms with van der Waals surface area (Å²) in [6.45, 7) is 0.114. The lowest BCUT2D eigenvalue weighted by Crippen LogP contribution is -2.15. The van der Waals surface area contributed by atoms with Crippen molar-refractivity contribution in [1.82, 2.24) is 0 Å². The number of rotatable bonds is 4. The van der Waals surface area contributed by atoms with E-state index in [4.69, 9.17) is 14.6 Å². The minimum atomic E-state index is -0.571. The van der Waals surface area contributed by atoms with Gasteiger partial charge in [-0.3, -0.25) is 0 Å². The van der Waals surface area contributed by atoms with Gasteiger partial charge >= 0.3 is 5.97 Å². The van der Waals surface area contributed by atoms with Crippen molar-refractivity contribution in [3.05, 3.63) is 35.9 Å². The molecule has 1 aromatic carbocycles. The molecule has 1 saturated heterocycles. The molecular formula is C11H12O4. The van der Waals surface area contributed by atoms with Crippen molar-refractivity contribution in [2.24, 2.45) is 0 Å². The third-order valence-electron chi connectivity index (χ3n) is 2.22. The van der Waals surface area contributed by atoms with Crippen molar-refractivity contribution in [2.75, 3.05) is 6.61 Å². The summed E-state index contributed by atoms with van der Waals surface area (Å²) in [5.74, 6) is -0.405. The summed E-state index contributed by atoms with van der Waals surface area (Å²) >= 11 is 0. The predicted molar refractivity (Wildman–Crippen MR) is 52.0 cm³/mol. The van der Waals surface area contributed by atoms with Gasteiger partial charge in [-0.2, -0.15) is 0 Å². The first kappa shape index (κ1) is 10.1. The first-order valence-corrected chi connectivity index (χ1v) is 4.78. The van der Waals surface area contributed by atoms with Crippen LogP contribution < -0.4 is 0 Å². The topological polar surface area (TPSA) is 59.1 Å². The molecular weight excluding hydrogens is 196 g/mol. The van der Waals surface area contributed by atoms with Gasteiger partial charge in [-0.15, -0.1) is 0 Å². The molecule has 1 heterocycles. The lowest BCUT2D eigenvalue weighted by Gasteiger charge is -2.02. The average Bonchev–Trinajstić information content (AvgIpc) is 3.06. The van der Waals surface area contributed by atoms with E-state index in [2.05, 4.69) is 0 Å². The number of carbonyl (C=O) groups is 1. The van der Waals surface area contributed by atoms with Crippen LogP contribution in [-0.2, 0) is 20.9 Å². The van der Waals surface area contributed by atoms with Crippen molar-refractivity contribution in [1.29, 1.82) is 0 Å². The molecule has 2 atom stereocenters. The molecule has 1 aromatic rings. The molecule has 4 nitrogen and oxygen atoms in total. The van der Waals surface area contributed by atoms with E-state index in [-0.39, 0.29) is 19.3 Å². The second kappa shape index (κ2) is 4.42. The van der Waals surface area contributed by atoms with Crippen molar-refractivity contribution in [3.63, 3.8) is 0 Å². The van der Waals surface area contributed by atoms with Gasteiger partial charge in [0.25, 0.3) is 0 Å². The maximum Gasteiger partial charge on any atom is 0.338 e. The van der Waals surface area contributed by atoms with Crippen molar-refractivity contribution < 1.29 is 19.4 Å². The van der Waals surface area contributed by atoms with Gasteiger partial charge in [0.2, 0.25) is 0 Å². The molecule has 0 unspecified atom stereocenters. The molecule has 2 rings (SSSR count). The SMILES string of the molecule is O=C(OCc1ccccc1)[C@H]1O[C@@H]1CO. The van der Waals surface area contributed by atoms with E-state index in [0.29, 0.717) is 0 Å². The maximum atomic E-state index is 11.3. The molecule has 0 saturated carbocycles. The Kier molecular flexibility index (Phi) is 2.99. The molecule has 80 valence electrons.